The van der Waals surface area contributed by atoms with E-state index in [9.17, 15) is 14.0 Å². The van der Waals surface area contributed by atoms with Gasteiger partial charge >= 0.3 is 5.97 Å². The van der Waals surface area contributed by atoms with Crippen molar-refractivity contribution in [2.45, 2.75) is 6.92 Å². The van der Waals surface area contributed by atoms with Gasteiger partial charge < -0.3 is 5.11 Å². The molecule has 20 heavy (non-hydrogen) atoms. The highest BCUT2D eigenvalue weighted by molar-refractivity contribution is 5.87. The summed E-state index contributed by atoms with van der Waals surface area (Å²) in [7, 11) is 0. The van der Waals surface area contributed by atoms with Crippen LogP contribution in [0.25, 0.3) is 5.69 Å². The second-order valence-electron chi connectivity index (χ2n) is 3.96. The molecule has 7 heteroatoms. The van der Waals surface area contributed by atoms with Crippen LogP contribution in [0.4, 0.5) is 4.39 Å². The Morgan fingerprint density at radius 1 is 1.40 bits per heavy atom. The van der Waals surface area contributed by atoms with Crippen LogP contribution in [-0.4, -0.2) is 20.9 Å². The fourth-order valence-corrected chi connectivity index (χ4v) is 1.70. The van der Waals surface area contributed by atoms with Crippen molar-refractivity contribution in [3.63, 3.8) is 0 Å². The average molecular weight is 273 g/mol. The number of aromatic carboxylic acids is 1. The predicted octanol–water partition coefficient (Wildman–Crippen LogP) is 1.25. The summed E-state index contributed by atoms with van der Waals surface area (Å²) in [4.78, 5) is 23.2. The summed E-state index contributed by atoms with van der Waals surface area (Å²) in [5.74, 6) is -1.86. The molecule has 1 heterocycles. The van der Waals surface area contributed by atoms with E-state index in [2.05, 4.69) is 5.10 Å². The van der Waals surface area contributed by atoms with Gasteiger partial charge in [-0.3, -0.25) is 4.79 Å². The van der Waals surface area contributed by atoms with E-state index in [0.29, 0.717) is 0 Å². The summed E-state index contributed by atoms with van der Waals surface area (Å²) in [6, 6.07) is 6.42. The molecule has 6 nitrogen and oxygen atoms in total. The van der Waals surface area contributed by atoms with Gasteiger partial charge in [-0.2, -0.15) is 15.0 Å². The number of rotatable bonds is 2. The summed E-state index contributed by atoms with van der Waals surface area (Å²) < 4.78 is 13.6. The molecule has 0 atom stereocenters. The zero-order valence-electron chi connectivity index (χ0n) is 10.3. The van der Waals surface area contributed by atoms with Gasteiger partial charge in [0.15, 0.2) is 5.69 Å². The zero-order valence-corrected chi connectivity index (χ0v) is 10.3. The van der Waals surface area contributed by atoms with E-state index >= 15 is 0 Å². The molecule has 2 aromatic rings. The van der Waals surface area contributed by atoms with Gasteiger partial charge in [-0.25, -0.2) is 9.18 Å². The molecule has 0 aliphatic rings. The smallest absolute Gasteiger partial charge is 0.356 e. The quantitative estimate of drug-likeness (QED) is 0.888. The summed E-state index contributed by atoms with van der Waals surface area (Å²) in [6.07, 6.45) is 0. The first kappa shape index (κ1) is 13.4. The normalized spacial score (nSPS) is 10.1. The first-order chi connectivity index (χ1) is 9.45. The Morgan fingerprint density at radius 3 is 2.50 bits per heavy atom. The van der Waals surface area contributed by atoms with Crippen molar-refractivity contribution in [3.05, 3.63) is 57.3 Å². The van der Waals surface area contributed by atoms with Crippen molar-refractivity contribution >= 4 is 5.97 Å². The second-order valence-corrected chi connectivity index (χ2v) is 3.96. The number of benzene rings is 1. The SMILES string of the molecule is Cc1c(C(=O)O)nn(-c2ccc(F)cc2)c(=O)c1C#N. The number of nitriles is 1. The highest BCUT2D eigenvalue weighted by Crippen LogP contribution is 2.11. The van der Waals surface area contributed by atoms with E-state index in [1.165, 1.54) is 19.1 Å². The largest absolute Gasteiger partial charge is 0.476 e. The van der Waals surface area contributed by atoms with Gasteiger partial charge in [0.05, 0.1) is 5.69 Å². The highest BCUT2D eigenvalue weighted by Gasteiger charge is 2.19. The maximum absolute atomic E-state index is 12.9. The number of carboxylic acids is 1. The molecular weight excluding hydrogens is 265 g/mol. The van der Waals surface area contributed by atoms with E-state index in [-0.39, 0.29) is 16.8 Å². The lowest BCUT2D eigenvalue weighted by atomic mass is 10.1. The third-order valence-electron chi connectivity index (χ3n) is 2.72. The van der Waals surface area contributed by atoms with Crippen molar-refractivity contribution < 1.29 is 14.3 Å². The molecule has 1 N–H and O–H groups in total. The Kier molecular flexibility index (Phi) is 3.31. The monoisotopic (exact) mass is 273 g/mol. The van der Waals surface area contributed by atoms with Gasteiger partial charge in [0, 0.05) is 5.56 Å². The van der Waals surface area contributed by atoms with Crippen LogP contribution < -0.4 is 5.56 Å². The maximum Gasteiger partial charge on any atom is 0.356 e. The van der Waals surface area contributed by atoms with E-state index in [0.717, 1.165) is 16.8 Å². The minimum absolute atomic E-state index is 0.00311. The molecule has 0 unspecified atom stereocenters. The minimum atomic E-state index is -1.35. The highest BCUT2D eigenvalue weighted by atomic mass is 19.1. The van der Waals surface area contributed by atoms with Gasteiger partial charge in [0.1, 0.15) is 17.4 Å². The molecule has 0 amide bonds. The van der Waals surface area contributed by atoms with E-state index in [1.54, 1.807) is 6.07 Å². The first-order valence-electron chi connectivity index (χ1n) is 5.49. The molecule has 0 saturated heterocycles. The van der Waals surface area contributed by atoms with Crippen LogP contribution in [0.1, 0.15) is 21.6 Å². The predicted molar refractivity (Wildman–Crippen MR) is 66.2 cm³/mol. The molecule has 0 aliphatic heterocycles. The van der Waals surface area contributed by atoms with Crippen LogP contribution in [0.15, 0.2) is 29.1 Å². The topological polar surface area (TPSA) is 96.0 Å². The van der Waals surface area contributed by atoms with Crippen LogP contribution in [0, 0.1) is 24.1 Å². The summed E-state index contributed by atoms with van der Waals surface area (Å²) in [5, 5.41) is 21.7. The molecule has 0 saturated carbocycles. The van der Waals surface area contributed by atoms with Crippen LogP contribution in [0.3, 0.4) is 0 Å². The molecule has 100 valence electrons. The number of halogens is 1. The van der Waals surface area contributed by atoms with Crippen molar-refractivity contribution in [1.82, 2.24) is 9.78 Å². The van der Waals surface area contributed by atoms with Crippen LogP contribution >= 0.6 is 0 Å². The van der Waals surface area contributed by atoms with Gasteiger partial charge in [0.25, 0.3) is 5.56 Å². The van der Waals surface area contributed by atoms with Crippen molar-refractivity contribution in [3.8, 4) is 11.8 Å². The van der Waals surface area contributed by atoms with Gasteiger partial charge in [-0.05, 0) is 31.2 Å². The number of carbonyl (C=O) groups is 1. The molecule has 1 aromatic heterocycles. The number of hydrogen-bond donors (Lipinski definition) is 1. The first-order valence-corrected chi connectivity index (χ1v) is 5.49. The third-order valence-corrected chi connectivity index (χ3v) is 2.72. The molecule has 0 aliphatic carbocycles. The molecule has 2 rings (SSSR count). The summed E-state index contributed by atoms with van der Waals surface area (Å²) in [5.41, 5.74) is -1.27. The van der Waals surface area contributed by atoms with Crippen molar-refractivity contribution in [2.24, 2.45) is 0 Å². The Morgan fingerprint density at radius 2 is 2.00 bits per heavy atom. The molecule has 0 bridgehead atoms. The fourth-order valence-electron chi connectivity index (χ4n) is 1.70. The van der Waals surface area contributed by atoms with Crippen molar-refractivity contribution in [2.75, 3.05) is 0 Å². The molecule has 1 aromatic carbocycles. The number of nitrogens with zero attached hydrogens (tertiary/aromatic N) is 3. The lowest BCUT2D eigenvalue weighted by Crippen LogP contribution is -2.28. The third kappa shape index (κ3) is 2.14. The van der Waals surface area contributed by atoms with Crippen LogP contribution in [0.2, 0.25) is 0 Å². The van der Waals surface area contributed by atoms with Gasteiger partial charge in [-0.1, -0.05) is 0 Å². The second kappa shape index (κ2) is 4.93. The van der Waals surface area contributed by atoms with E-state index in [1.807, 2.05) is 0 Å². The Bertz CT molecular complexity index is 788. The number of carboxylic acid groups (broad SMARTS) is 1. The summed E-state index contributed by atoms with van der Waals surface area (Å²) >= 11 is 0. The molecule has 0 radical (unpaired) electrons. The standard InChI is InChI=1S/C13H8FN3O3/c1-7-10(6-15)12(18)17(16-11(7)13(19)20)9-4-2-8(14)3-5-9/h2-5H,1H3,(H,19,20). The molecule has 0 spiro atoms. The van der Waals surface area contributed by atoms with Crippen molar-refractivity contribution in [1.29, 1.82) is 5.26 Å². The number of aromatic nitrogens is 2. The molecule has 0 fully saturated rings. The van der Waals surface area contributed by atoms with E-state index < -0.39 is 23.0 Å². The fraction of sp³-hybridized carbons (Fsp3) is 0.0769. The lowest BCUT2D eigenvalue weighted by Gasteiger charge is -2.08. The summed E-state index contributed by atoms with van der Waals surface area (Å²) in [6.45, 7) is 1.34. The Hall–Kier alpha value is -3.01. The number of hydrogen-bond acceptors (Lipinski definition) is 4. The molecular formula is C13H8FN3O3. The average Bonchev–Trinajstić information content (AvgIpc) is 2.40. The van der Waals surface area contributed by atoms with E-state index in [4.69, 9.17) is 10.4 Å². The Balaban J connectivity index is 2.81. The zero-order chi connectivity index (χ0) is 14.9. The minimum Gasteiger partial charge on any atom is -0.476 e. The van der Waals surface area contributed by atoms with Crippen LogP contribution in [-0.2, 0) is 0 Å². The maximum atomic E-state index is 12.9. The van der Waals surface area contributed by atoms with Crippen LogP contribution in [0.5, 0.6) is 0 Å². The van der Waals surface area contributed by atoms with Gasteiger partial charge in [-0.15, -0.1) is 0 Å². The van der Waals surface area contributed by atoms with Gasteiger partial charge in [0.2, 0.25) is 0 Å². The Labute approximate surface area is 112 Å². The lowest BCUT2D eigenvalue weighted by molar-refractivity contribution is 0.0687.